The molecule has 2 amide bonds. The van der Waals surface area contributed by atoms with E-state index < -0.39 is 5.92 Å². The van der Waals surface area contributed by atoms with Crippen molar-refractivity contribution in [2.75, 3.05) is 18.4 Å². The third kappa shape index (κ3) is 3.71. The molecule has 2 heterocycles. The van der Waals surface area contributed by atoms with Crippen LogP contribution in [0.1, 0.15) is 12.0 Å². The number of hydrogen-bond acceptors (Lipinski definition) is 4. The zero-order chi connectivity index (χ0) is 16.9. The summed E-state index contributed by atoms with van der Waals surface area (Å²) in [6.07, 6.45) is 2.44. The number of carbonyl (C=O) groups excluding carboxylic acids is 2. The highest BCUT2D eigenvalue weighted by Crippen LogP contribution is 2.23. The normalized spacial score (nSPS) is 17.1. The molecule has 1 aliphatic heterocycles. The zero-order valence-corrected chi connectivity index (χ0v) is 13.2. The maximum absolute atomic E-state index is 12.3. The molecular formula is C18H19N3O3. The van der Waals surface area contributed by atoms with E-state index in [-0.39, 0.29) is 29.8 Å². The van der Waals surface area contributed by atoms with E-state index in [0.29, 0.717) is 13.1 Å². The summed E-state index contributed by atoms with van der Waals surface area (Å²) in [4.78, 5) is 30.0. The summed E-state index contributed by atoms with van der Waals surface area (Å²) in [5.74, 6) is -0.695. The topological polar surface area (TPSA) is 82.5 Å². The Morgan fingerprint density at radius 1 is 1.25 bits per heavy atom. The van der Waals surface area contributed by atoms with Gasteiger partial charge < -0.3 is 15.3 Å². The van der Waals surface area contributed by atoms with Crippen LogP contribution in [0.3, 0.4) is 0 Å². The summed E-state index contributed by atoms with van der Waals surface area (Å²) in [5.41, 5.74) is 1.16. The Kier molecular flexibility index (Phi) is 4.74. The summed E-state index contributed by atoms with van der Waals surface area (Å²) >= 11 is 0. The average Bonchev–Trinajstić information content (AvgIpc) is 2.97. The molecule has 0 spiro atoms. The van der Waals surface area contributed by atoms with Gasteiger partial charge in [0.2, 0.25) is 11.8 Å². The Hall–Kier alpha value is -2.89. The van der Waals surface area contributed by atoms with Crippen molar-refractivity contribution in [3.05, 3.63) is 54.2 Å². The maximum Gasteiger partial charge on any atom is 0.231 e. The molecule has 6 nitrogen and oxygen atoms in total. The number of benzene rings is 1. The Morgan fingerprint density at radius 2 is 2.04 bits per heavy atom. The third-order valence-electron chi connectivity index (χ3n) is 4.13. The van der Waals surface area contributed by atoms with Gasteiger partial charge in [-0.2, -0.15) is 0 Å². The van der Waals surface area contributed by atoms with Crippen LogP contribution >= 0.6 is 0 Å². The number of carbonyl (C=O) groups is 2. The molecule has 1 aromatic heterocycles. The van der Waals surface area contributed by atoms with Crippen molar-refractivity contribution in [1.29, 1.82) is 0 Å². The molecule has 0 aliphatic carbocycles. The van der Waals surface area contributed by atoms with Gasteiger partial charge in [-0.25, -0.2) is 4.98 Å². The van der Waals surface area contributed by atoms with Crippen LogP contribution in [0.2, 0.25) is 0 Å². The van der Waals surface area contributed by atoms with Crippen LogP contribution < -0.4 is 5.32 Å². The first-order valence-electron chi connectivity index (χ1n) is 7.90. The first kappa shape index (κ1) is 16.0. The third-order valence-corrected chi connectivity index (χ3v) is 4.13. The lowest BCUT2D eigenvalue weighted by atomic mass is 10.1. The summed E-state index contributed by atoms with van der Waals surface area (Å²) in [6, 6.07) is 13.0. The number of pyridine rings is 1. The minimum atomic E-state index is -0.422. The Labute approximate surface area is 140 Å². The molecule has 0 bridgehead atoms. The second-order valence-corrected chi connectivity index (χ2v) is 5.84. The van der Waals surface area contributed by atoms with Crippen molar-refractivity contribution in [3.63, 3.8) is 0 Å². The van der Waals surface area contributed by atoms with E-state index in [9.17, 15) is 14.7 Å². The van der Waals surface area contributed by atoms with E-state index in [2.05, 4.69) is 10.3 Å². The van der Waals surface area contributed by atoms with Crippen molar-refractivity contribution in [3.8, 4) is 5.75 Å². The predicted octanol–water partition coefficient (Wildman–Crippen LogP) is 1.82. The standard InChI is InChI=1S/C18H19N3O3/c22-15-7-4-9-19-17(15)20-18(24)14-11-16(23)21(12-14)10-8-13-5-2-1-3-6-13/h1-7,9,14,22H,8,10-12H2,(H,19,20,24). The van der Waals surface area contributed by atoms with Gasteiger partial charge in [0.25, 0.3) is 0 Å². The molecular weight excluding hydrogens is 306 g/mol. The van der Waals surface area contributed by atoms with Crippen molar-refractivity contribution >= 4 is 17.6 Å². The summed E-state index contributed by atoms with van der Waals surface area (Å²) in [5, 5.41) is 12.3. The van der Waals surface area contributed by atoms with Gasteiger partial charge in [-0.05, 0) is 24.1 Å². The van der Waals surface area contributed by atoms with Gasteiger partial charge in [-0.15, -0.1) is 0 Å². The number of nitrogens with zero attached hydrogens (tertiary/aromatic N) is 2. The van der Waals surface area contributed by atoms with E-state index >= 15 is 0 Å². The van der Waals surface area contributed by atoms with Crippen LogP contribution in [0.25, 0.3) is 0 Å². The van der Waals surface area contributed by atoms with Gasteiger partial charge >= 0.3 is 0 Å². The first-order chi connectivity index (χ1) is 11.6. The second kappa shape index (κ2) is 7.12. The average molecular weight is 325 g/mol. The SMILES string of the molecule is O=C(Nc1ncccc1O)C1CC(=O)N(CCc2ccccc2)C1. The molecule has 124 valence electrons. The van der Waals surface area contributed by atoms with Gasteiger partial charge in [-0.3, -0.25) is 9.59 Å². The molecule has 0 saturated carbocycles. The molecule has 1 atom stereocenters. The highest BCUT2D eigenvalue weighted by atomic mass is 16.3. The van der Waals surface area contributed by atoms with Gasteiger partial charge in [0.15, 0.2) is 11.6 Å². The van der Waals surface area contributed by atoms with Gasteiger partial charge in [0, 0.05) is 25.7 Å². The lowest BCUT2D eigenvalue weighted by molar-refractivity contribution is -0.128. The van der Waals surface area contributed by atoms with E-state index in [1.165, 1.54) is 12.3 Å². The summed E-state index contributed by atoms with van der Waals surface area (Å²) in [7, 11) is 0. The highest BCUT2D eigenvalue weighted by molar-refractivity contribution is 5.97. The Balaban J connectivity index is 1.56. The molecule has 24 heavy (non-hydrogen) atoms. The maximum atomic E-state index is 12.3. The smallest absolute Gasteiger partial charge is 0.231 e. The molecule has 6 heteroatoms. The fourth-order valence-electron chi connectivity index (χ4n) is 2.78. The van der Waals surface area contributed by atoms with Crippen molar-refractivity contribution in [2.45, 2.75) is 12.8 Å². The van der Waals surface area contributed by atoms with Crippen LogP contribution in [0.5, 0.6) is 5.75 Å². The molecule has 1 fully saturated rings. The van der Waals surface area contributed by atoms with Crippen LogP contribution in [-0.2, 0) is 16.0 Å². The number of aromatic nitrogens is 1. The lowest BCUT2D eigenvalue weighted by Gasteiger charge is -2.16. The number of amides is 2. The quantitative estimate of drug-likeness (QED) is 0.878. The Morgan fingerprint density at radius 3 is 2.79 bits per heavy atom. The molecule has 1 aromatic carbocycles. The van der Waals surface area contributed by atoms with E-state index in [1.807, 2.05) is 30.3 Å². The second-order valence-electron chi connectivity index (χ2n) is 5.84. The number of aromatic hydroxyl groups is 1. The molecule has 1 unspecified atom stereocenters. The number of rotatable bonds is 5. The van der Waals surface area contributed by atoms with Gasteiger partial charge in [0.1, 0.15) is 0 Å². The molecule has 2 N–H and O–H groups in total. The predicted molar refractivity (Wildman–Crippen MR) is 89.4 cm³/mol. The number of anilines is 1. The number of likely N-dealkylation sites (tertiary alicyclic amines) is 1. The monoisotopic (exact) mass is 325 g/mol. The summed E-state index contributed by atoms with van der Waals surface area (Å²) < 4.78 is 0. The lowest BCUT2D eigenvalue weighted by Crippen LogP contribution is -2.30. The largest absolute Gasteiger partial charge is 0.504 e. The molecule has 0 radical (unpaired) electrons. The van der Waals surface area contributed by atoms with Crippen LogP contribution in [-0.4, -0.2) is 39.9 Å². The zero-order valence-electron chi connectivity index (χ0n) is 13.2. The summed E-state index contributed by atoms with van der Waals surface area (Å²) in [6.45, 7) is 0.993. The van der Waals surface area contributed by atoms with E-state index in [1.54, 1.807) is 11.0 Å². The van der Waals surface area contributed by atoms with Crippen molar-refractivity contribution < 1.29 is 14.7 Å². The fraction of sp³-hybridized carbons (Fsp3) is 0.278. The molecule has 3 rings (SSSR count). The fourth-order valence-corrected chi connectivity index (χ4v) is 2.78. The van der Waals surface area contributed by atoms with E-state index in [0.717, 1.165) is 12.0 Å². The molecule has 1 saturated heterocycles. The van der Waals surface area contributed by atoms with Gasteiger partial charge in [-0.1, -0.05) is 30.3 Å². The number of hydrogen-bond donors (Lipinski definition) is 2. The van der Waals surface area contributed by atoms with Crippen LogP contribution in [0.4, 0.5) is 5.82 Å². The van der Waals surface area contributed by atoms with Gasteiger partial charge in [0.05, 0.1) is 5.92 Å². The number of nitrogens with one attached hydrogen (secondary N) is 1. The van der Waals surface area contributed by atoms with Crippen LogP contribution in [0.15, 0.2) is 48.7 Å². The Bertz CT molecular complexity index is 733. The van der Waals surface area contributed by atoms with Crippen LogP contribution in [0, 0.1) is 5.92 Å². The molecule has 1 aliphatic rings. The molecule has 2 aromatic rings. The highest BCUT2D eigenvalue weighted by Gasteiger charge is 2.34. The van der Waals surface area contributed by atoms with E-state index in [4.69, 9.17) is 0 Å². The minimum absolute atomic E-state index is 0.0173. The van der Waals surface area contributed by atoms with Crippen molar-refractivity contribution in [2.24, 2.45) is 5.92 Å². The van der Waals surface area contributed by atoms with Crippen molar-refractivity contribution in [1.82, 2.24) is 9.88 Å². The minimum Gasteiger partial charge on any atom is -0.504 e. The first-order valence-corrected chi connectivity index (χ1v) is 7.90.